The minimum absolute atomic E-state index is 0.241. The largest absolute Gasteiger partial charge is 0.384 e. The number of hydrogen-bond donors (Lipinski definition) is 1. The number of halogens is 1. The molecule has 4 heteroatoms. The highest BCUT2D eigenvalue weighted by atomic mass is 19.1. The second-order valence-corrected chi connectivity index (χ2v) is 4.58. The van der Waals surface area contributed by atoms with E-state index in [0.29, 0.717) is 12.1 Å². The summed E-state index contributed by atoms with van der Waals surface area (Å²) in [5.41, 5.74) is 0.678. The van der Waals surface area contributed by atoms with Gasteiger partial charge in [0, 0.05) is 19.2 Å². The molecule has 0 aromatic heterocycles. The van der Waals surface area contributed by atoms with Gasteiger partial charge < -0.3 is 10.0 Å². The van der Waals surface area contributed by atoms with Crippen LogP contribution in [0, 0.1) is 17.7 Å². The maximum absolute atomic E-state index is 13.3. The van der Waals surface area contributed by atoms with Gasteiger partial charge in [-0.1, -0.05) is 31.6 Å². The summed E-state index contributed by atoms with van der Waals surface area (Å²) in [6.45, 7) is 2.43. The van der Waals surface area contributed by atoms with Crippen LogP contribution in [-0.4, -0.2) is 36.1 Å². The Labute approximate surface area is 119 Å². The Bertz CT molecular complexity index is 517. The molecule has 0 aliphatic rings. The number of carbonyl (C=O) groups excluding carboxylic acids is 1. The van der Waals surface area contributed by atoms with Crippen molar-refractivity contribution in [1.29, 1.82) is 0 Å². The summed E-state index contributed by atoms with van der Waals surface area (Å²) in [4.78, 5) is 13.9. The van der Waals surface area contributed by atoms with E-state index in [-0.39, 0.29) is 18.1 Å². The topological polar surface area (TPSA) is 40.5 Å². The van der Waals surface area contributed by atoms with Gasteiger partial charge in [-0.3, -0.25) is 4.79 Å². The van der Waals surface area contributed by atoms with Gasteiger partial charge in [-0.05, 0) is 24.6 Å². The summed E-state index contributed by atoms with van der Waals surface area (Å²) in [6.07, 6.45) is 3.05. The first-order chi connectivity index (χ1) is 9.60. The first-order valence-corrected chi connectivity index (χ1v) is 6.75. The molecule has 0 saturated heterocycles. The Morgan fingerprint density at radius 1 is 1.40 bits per heavy atom. The van der Waals surface area contributed by atoms with Crippen LogP contribution in [0.2, 0.25) is 0 Å². The lowest BCUT2D eigenvalue weighted by atomic mass is 10.1. The normalized spacial score (nSPS) is 9.80. The molecule has 0 heterocycles. The van der Waals surface area contributed by atoms with Crippen LogP contribution in [-0.2, 0) is 0 Å². The second-order valence-electron chi connectivity index (χ2n) is 4.58. The standard InChI is InChI=1S/C16H20FNO2/c1-3-4-5-10-18(2)16(20)15-12-14(17)9-8-13(15)7-6-11-19/h8-9,12,19H,3-5,10-11H2,1-2H3. The predicted molar refractivity (Wildman–Crippen MR) is 76.8 cm³/mol. The van der Waals surface area contributed by atoms with Gasteiger partial charge >= 0.3 is 0 Å². The summed E-state index contributed by atoms with van der Waals surface area (Å²) in [6, 6.07) is 3.92. The Morgan fingerprint density at radius 2 is 2.15 bits per heavy atom. The molecular weight excluding hydrogens is 257 g/mol. The quantitative estimate of drug-likeness (QED) is 0.663. The molecule has 0 fully saturated rings. The predicted octanol–water partition coefficient (Wildman–Crippen LogP) is 2.43. The zero-order valence-electron chi connectivity index (χ0n) is 11.9. The van der Waals surface area contributed by atoms with E-state index >= 15 is 0 Å². The molecule has 0 saturated carbocycles. The van der Waals surface area contributed by atoms with Crippen molar-refractivity contribution in [3.8, 4) is 11.8 Å². The van der Waals surface area contributed by atoms with Gasteiger partial charge in [0.2, 0.25) is 0 Å². The number of amides is 1. The highest BCUT2D eigenvalue weighted by Gasteiger charge is 2.15. The lowest BCUT2D eigenvalue weighted by molar-refractivity contribution is 0.0792. The minimum atomic E-state index is -0.468. The summed E-state index contributed by atoms with van der Waals surface area (Å²) in [5.74, 6) is 4.45. The number of rotatable bonds is 5. The first-order valence-electron chi connectivity index (χ1n) is 6.75. The van der Waals surface area contributed by atoms with E-state index in [0.717, 1.165) is 19.3 Å². The molecule has 0 unspecified atom stereocenters. The maximum atomic E-state index is 13.3. The van der Waals surface area contributed by atoms with E-state index in [1.165, 1.54) is 18.2 Å². The Hall–Kier alpha value is -1.86. The van der Waals surface area contributed by atoms with E-state index in [1.54, 1.807) is 11.9 Å². The zero-order chi connectivity index (χ0) is 15.0. The molecule has 1 aromatic rings. The van der Waals surface area contributed by atoms with E-state index in [2.05, 4.69) is 18.8 Å². The molecule has 0 atom stereocenters. The monoisotopic (exact) mass is 277 g/mol. The van der Waals surface area contributed by atoms with Gasteiger partial charge in [0.25, 0.3) is 5.91 Å². The first kappa shape index (κ1) is 16.2. The van der Waals surface area contributed by atoms with Crippen molar-refractivity contribution in [1.82, 2.24) is 4.90 Å². The molecule has 0 spiro atoms. The summed E-state index contributed by atoms with van der Waals surface area (Å²) >= 11 is 0. The number of unbranched alkanes of at least 4 members (excludes halogenated alkanes) is 2. The van der Waals surface area contributed by atoms with E-state index in [1.807, 2.05) is 0 Å². The van der Waals surface area contributed by atoms with Crippen LogP contribution >= 0.6 is 0 Å². The van der Waals surface area contributed by atoms with Gasteiger partial charge in [-0.15, -0.1) is 0 Å². The molecule has 1 rings (SSSR count). The third-order valence-corrected chi connectivity index (χ3v) is 2.96. The molecule has 3 nitrogen and oxygen atoms in total. The number of nitrogens with zero attached hydrogens (tertiary/aromatic N) is 1. The van der Waals surface area contributed by atoms with Crippen molar-refractivity contribution in [3.63, 3.8) is 0 Å². The second kappa shape index (κ2) is 8.34. The summed E-state index contributed by atoms with van der Waals surface area (Å²) in [5, 5.41) is 8.72. The molecule has 108 valence electrons. The van der Waals surface area contributed by atoms with Crippen molar-refractivity contribution in [2.24, 2.45) is 0 Å². The fraction of sp³-hybridized carbons (Fsp3) is 0.438. The zero-order valence-corrected chi connectivity index (χ0v) is 11.9. The van der Waals surface area contributed by atoms with Crippen molar-refractivity contribution in [3.05, 3.63) is 35.1 Å². The van der Waals surface area contributed by atoms with Crippen molar-refractivity contribution < 1.29 is 14.3 Å². The van der Waals surface area contributed by atoms with Gasteiger partial charge in [0.15, 0.2) is 0 Å². The lowest BCUT2D eigenvalue weighted by Gasteiger charge is -2.18. The van der Waals surface area contributed by atoms with E-state index < -0.39 is 5.82 Å². The summed E-state index contributed by atoms with van der Waals surface area (Å²) in [7, 11) is 1.70. The van der Waals surface area contributed by atoms with Gasteiger partial charge in [0.05, 0.1) is 5.56 Å². The van der Waals surface area contributed by atoms with Crippen LogP contribution in [0.4, 0.5) is 4.39 Å². The SMILES string of the molecule is CCCCCN(C)C(=O)c1cc(F)ccc1C#CCO. The molecule has 1 N–H and O–H groups in total. The third kappa shape index (κ3) is 4.67. The number of hydrogen-bond acceptors (Lipinski definition) is 2. The minimum Gasteiger partial charge on any atom is -0.384 e. The average molecular weight is 277 g/mol. The third-order valence-electron chi connectivity index (χ3n) is 2.96. The highest BCUT2D eigenvalue weighted by Crippen LogP contribution is 2.13. The molecule has 0 radical (unpaired) electrons. The van der Waals surface area contributed by atoms with Crippen LogP contribution in [0.25, 0.3) is 0 Å². The molecular formula is C16H20FNO2. The average Bonchev–Trinajstić information content (AvgIpc) is 2.45. The van der Waals surface area contributed by atoms with Crippen LogP contribution in [0.3, 0.4) is 0 Å². The molecule has 0 aliphatic heterocycles. The maximum Gasteiger partial charge on any atom is 0.254 e. The number of carbonyl (C=O) groups is 1. The smallest absolute Gasteiger partial charge is 0.254 e. The van der Waals surface area contributed by atoms with E-state index in [9.17, 15) is 9.18 Å². The number of aliphatic hydroxyl groups is 1. The number of benzene rings is 1. The Kier molecular flexibility index (Phi) is 6.75. The van der Waals surface area contributed by atoms with Gasteiger partial charge in [-0.25, -0.2) is 4.39 Å². The van der Waals surface area contributed by atoms with Crippen molar-refractivity contribution in [2.75, 3.05) is 20.2 Å². The highest BCUT2D eigenvalue weighted by molar-refractivity contribution is 5.96. The van der Waals surface area contributed by atoms with Gasteiger partial charge in [0.1, 0.15) is 12.4 Å². The van der Waals surface area contributed by atoms with Crippen molar-refractivity contribution in [2.45, 2.75) is 26.2 Å². The molecule has 1 amide bonds. The van der Waals surface area contributed by atoms with Crippen LogP contribution in [0.15, 0.2) is 18.2 Å². The molecule has 20 heavy (non-hydrogen) atoms. The fourth-order valence-electron chi connectivity index (χ4n) is 1.84. The number of aliphatic hydroxyl groups excluding tert-OH is 1. The van der Waals surface area contributed by atoms with E-state index in [4.69, 9.17) is 5.11 Å². The Morgan fingerprint density at radius 3 is 2.80 bits per heavy atom. The molecule has 0 aliphatic carbocycles. The summed E-state index contributed by atoms with van der Waals surface area (Å²) < 4.78 is 13.3. The van der Waals surface area contributed by atoms with Crippen LogP contribution in [0.1, 0.15) is 42.1 Å². The lowest BCUT2D eigenvalue weighted by Crippen LogP contribution is -2.28. The van der Waals surface area contributed by atoms with Crippen molar-refractivity contribution >= 4 is 5.91 Å². The van der Waals surface area contributed by atoms with Gasteiger partial charge in [-0.2, -0.15) is 0 Å². The Balaban J connectivity index is 2.92. The fourth-order valence-corrected chi connectivity index (χ4v) is 1.84. The molecule has 1 aromatic carbocycles. The van der Waals surface area contributed by atoms with Crippen LogP contribution < -0.4 is 0 Å². The van der Waals surface area contributed by atoms with Crippen LogP contribution in [0.5, 0.6) is 0 Å². The molecule has 0 bridgehead atoms.